The predicted octanol–water partition coefficient (Wildman–Crippen LogP) is 4.16. The first-order chi connectivity index (χ1) is 11.4. The molecule has 3 aromatic rings. The Bertz CT molecular complexity index is 947. The molecule has 0 aliphatic carbocycles. The van der Waals surface area contributed by atoms with E-state index in [-0.39, 0.29) is 11.9 Å². The van der Waals surface area contributed by atoms with Crippen LogP contribution in [-0.4, -0.2) is 16.9 Å². The second-order valence-electron chi connectivity index (χ2n) is 5.43. The Morgan fingerprint density at radius 2 is 1.96 bits per heavy atom. The second-order valence-corrected chi connectivity index (χ2v) is 6.43. The number of anilines is 1. The number of fused-ring (bicyclic) bond motifs is 1. The molecule has 1 amide bonds. The normalized spacial score (nSPS) is 10.6. The molecule has 0 fully saturated rings. The largest absolute Gasteiger partial charge is 0.425 e. The van der Waals surface area contributed by atoms with Crippen molar-refractivity contribution in [2.45, 2.75) is 20.8 Å². The highest BCUT2D eigenvalue weighted by atomic mass is 32.1. The third-order valence-electron chi connectivity index (χ3n) is 3.42. The highest BCUT2D eigenvalue weighted by molar-refractivity contribution is 7.22. The number of nitrogens with zero attached hydrogens (tertiary/aromatic N) is 1. The summed E-state index contributed by atoms with van der Waals surface area (Å²) in [6.45, 7) is 4.80. The molecule has 0 unspecified atom stereocenters. The van der Waals surface area contributed by atoms with Crippen molar-refractivity contribution >= 4 is 39.1 Å². The molecule has 3 rings (SSSR count). The molecule has 0 radical (unpaired) electrons. The van der Waals surface area contributed by atoms with Gasteiger partial charge in [0.15, 0.2) is 0 Å². The number of nitrogens with one attached hydrogen (secondary N) is 1. The first kappa shape index (κ1) is 16.1. The van der Waals surface area contributed by atoms with Crippen LogP contribution >= 0.6 is 11.3 Å². The van der Waals surface area contributed by atoms with Crippen LogP contribution in [-0.2, 0) is 9.59 Å². The summed E-state index contributed by atoms with van der Waals surface area (Å²) in [6.07, 6.45) is 0. The molecular weight excluding hydrogens is 324 g/mol. The molecule has 1 N–H and O–H groups in total. The van der Waals surface area contributed by atoms with Crippen LogP contribution in [0, 0.1) is 6.92 Å². The third kappa shape index (κ3) is 3.28. The lowest BCUT2D eigenvalue weighted by Gasteiger charge is -2.07. The molecule has 0 saturated carbocycles. The molecule has 0 aliphatic heterocycles. The number of thiazole rings is 1. The van der Waals surface area contributed by atoms with Crippen molar-refractivity contribution in [3.8, 4) is 16.3 Å². The van der Waals surface area contributed by atoms with Gasteiger partial charge in [-0.05, 0) is 42.8 Å². The molecule has 1 aromatic heterocycles. The maximum absolute atomic E-state index is 11.2. The molecule has 0 saturated heterocycles. The van der Waals surface area contributed by atoms with Crippen molar-refractivity contribution in [3.05, 3.63) is 42.0 Å². The van der Waals surface area contributed by atoms with E-state index in [0.29, 0.717) is 5.75 Å². The fraction of sp³-hybridized carbons (Fsp3) is 0.167. The molecule has 6 heteroatoms. The van der Waals surface area contributed by atoms with Crippen LogP contribution in [0.4, 0.5) is 5.69 Å². The Balaban J connectivity index is 2.02. The monoisotopic (exact) mass is 340 g/mol. The minimum atomic E-state index is -0.354. The summed E-state index contributed by atoms with van der Waals surface area (Å²) < 4.78 is 6.09. The highest BCUT2D eigenvalue weighted by Crippen LogP contribution is 2.36. The van der Waals surface area contributed by atoms with E-state index in [2.05, 4.69) is 10.3 Å². The number of carbonyl (C=O) groups excluding carboxylic acids is 2. The first-order valence-electron chi connectivity index (χ1n) is 7.40. The number of carbonyl (C=O) groups is 2. The zero-order chi connectivity index (χ0) is 17.3. The number of esters is 1. The number of hydrogen-bond donors (Lipinski definition) is 1. The summed E-state index contributed by atoms with van der Waals surface area (Å²) in [5.41, 5.74) is 3.49. The van der Waals surface area contributed by atoms with Crippen molar-refractivity contribution < 1.29 is 14.3 Å². The van der Waals surface area contributed by atoms with Crippen LogP contribution < -0.4 is 10.1 Å². The first-order valence-corrected chi connectivity index (χ1v) is 8.22. The van der Waals surface area contributed by atoms with Crippen LogP contribution in [0.2, 0.25) is 0 Å². The van der Waals surface area contributed by atoms with Gasteiger partial charge in [0.2, 0.25) is 5.91 Å². The van der Waals surface area contributed by atoms with E-state index in [0.717, 1.165) is 32.0 Å². The zero-order valence-electron chi connectivity index (χ0n) is 13.5. The summed E-state index contributed by atoms with van der Waals surface area (Å²) in [4.78, 5) is 27.1. The van der Waals surface area contributed by atoms with Crippen molar-refractivity contribution in [1.82, 2.24) is 4.98 Å². The van der Waals surface area contributed by atoms with Crippen LogP contribution in [0.3, 0.4) is 0 Å². The van der Waals surface area contributed by atoms with Crippen LogP contribution in [0.5, 0.6) is 5.75 Å². The molecule has 2 aromatic carbocycles. The van der Waals surface area contributed by atoms with E-state index < -0.39 is 0 Å². The van der Waals surface area contributed by atoms with Gasteiger partial charge in [0, 0.05) is 25.1 Å². The molecule has 1 heterocycles. The Labute approximate surface area is 143 Å². The van der Waals surface area contributed by atoms with Gasteiger partial charge in [-0.3, -0.25) is 9.59 Å². The SMILES string of the molecule is CC(=O)Nc1ccc(-c2nc3cccc(OC(C)=O)c3s2)cc1C. The Hall–Kier alpha value is -2.73. The maximum Gasteiger partial charge on any atom is 0.308 e. The summed E-state index contributed by atoms with van der Waals surface area (Å²) >= 11 is 1.47. The topological polar surface area (TPSA) is 68.3 Å². The van der Waals surface area contributed by atoms with E-state index in [1.165, 1.54) is 25.2 Å². The van der Waals surface area contributed by atoms with Gasteiger partial charge in [0.1, 0.15) is 10.8 Å². The van der Waals surface area contributed by atoms with E-state index in [1.807, 2.05) is 37.3 Å². The molecular formula is C18H16N2O3S. The van der Waals surface area contributed by atoms with Gasteiger partial charge in [-0.2, -0.15) is 0 Å². The number of aryl methyl sites for hydroxylation is 1. The summed E-state index contributed by atoms with van der Waals surface area (Å²) in [5, 5.41) is 3.63. The van der Waals surface area contributed by atoms with Crippen LogP contribution in [0.15, 0.2) is 36.4 Å². The van der Waals surface area contributed by atoms with Crippen molar-refractivity contribution in [3.63, 3.8) is 0 Å². The third-order valence-corrected chi connectivity index (χ3v) is 4.55. The van der Waals surface area contributed by atoms with Crippen molar-refractivity contribution in [1.29, 1.82) is 0 Å². The molecule has 0 atom stereocenters. The Morgan fingerprint density at radius 3 is 2.62 bits per heavy atom. The summed E-state index contributed by atoms with van der Waals surface area (Å²) in [6, 6.07) is 11.2. The van der Waals surface area contributed by atoms with E-state index in [1.54, 1.807) is 6.07 Å². The zero-order valence-corrected chi connectivity index (χ0v) is 14.4. The van der Waals surface area contributed by atoms with Crippen LogP contribution in [0.25, 0.3) is 20.8 Å². The van der Waals surface area contributed by atoms with Crippen molar-refractivity contribution in [2.75, 3.05) is 5.32 Å². The average molecular weight is 340 g/mol. The average Bonchev–Trinajstić information content (AvgIpc) is 2.93. The number of hydrogen-bond acceptors (Lipinski definition) is 5. The fourth-order valence-corrected chi connectivity index (χ4v) is 3.42. The van der Waals surface area contributed by atoms with Gasteiger partial charge >= 0.3 is 5.97 Å². The second kappa shape index (κ2) is 6.41. The molecule has 24 heavy (non-hydrogen) atoms. The van der Waals surface area contributed by atoms with E-state index in [9.17, 15) is 9.59 Å². The highest BCUT2D eigenvalue weighted by Gasteiger charge is 2.12. The molecule has 0 aliphatic rings. The van der Waals surface area contributed by atoms with Gasteiger partial charge in [0.25, 0.3) is 0 Å². The maximum atomic E-state index is 11.2. The van der Waals surface area contributed by atoms with E-state index in [4.69, 9.17) is 4.74 Å². The number of rotatable bonds is 3. The predicted molar refractivity (Wildman–Crippen MR) is 95.4 cm³/mol. The van der Waals surface area contributed by atoms with Gasteiger partial charge in [-0.25, -0.2) is 4.98 Å². The fourth-order valence-electron chi connectivity index (χ4n) is 2.41. The Kier molecular flexibility index (Phi) is 4.31. The lowest BCUT2D eigenvalue weighted by atomic mass is 10.1. The molecule has 0 bridgehead atoms. The smallest absolute Gasteiger partial charge is 0.308 e. The van der Waals surface area contributed by atoms with E-state index >= 15 is 0 Å². The van der Waals surface area contributed by atoms with Crippen molar-refractivity contribution in [2.24, 2.45) is 0 Å². The van der Waals surface area contributed by atoms with Gasteiger partial charge in [-0.15, -0.1) is 11.3 Å². The van der Waals surface area contributed by atoms with Gasteiger partial charge in [-0.1, -0.05) is 6.07 Å². The minimum absolute atomic E-state index is 0.100. The summed E-state index contributed by atoms with van der Waals surface area (Å²) in [7, 11) is 0. The number of amides is 1. The lowest BCUT2D eigenvalue weighted by molar-refractivity contribution is -0.131. The molecule has 0 spiro atoms. The van der Waals surface area contributed by atoms with Crippen LogP contribution in [0.1, 0.15) is 19.4 Å². The standard InChI is InChI=1S/C18H16N2O3S/c1-10-9-13(7-8-14(10)19-11(2)21)18-20-15-5-4-6-16(17(15)24-18)23-12(3)22/h4-9H,1-3H3,(H,19,21). The number of aromatic nitrogens is 1. The number of benzene rings is 2. The minimum Gasteiger partial charge on any atom is -0.425 e. The molecule has 122 valence electrons. The number of ether oxygens (including phenoxy) is 1. The summed E-state index contributed by atoms with van der Waals surface area (Å²) in [5.74, 6) is 0.0696. The quantitative estimate of drug-likeness (QED) is 0.574. The van der Waals surface area contributed by atoms with Gasteiger partial charge < -0.3 is 10.1 Å². The molecule has 5 nitrogen and oxygen atoms in total. The Morgan fingerprint density at radius 1 is 1.17 bits per heavy atom. The van der Waals surface area contributed by atoms with Gasteiger partial charge in [0.05, 0.1) is 10.2 Å². The lowest BCUT2D eigenvalue weighted by Crippen LogP contribution is -2.06.